The summed E-state index contributed by atoms with van der Waals surface area (Å²) in [6, 6.07) is 0.322. The molecule has 0 spiro atoms. The van der Waals surface area contributed by atoms with Gasteiger partial charge in [0.25, 0.3) is 0 Å². The molecule has 1 aliphatic heterocycles. The molecule has 0 bridgehead atoms. The first-order valence-electron chi connectivity index (χ1n) is 4.49. The van der Waals surface area contributed by atoms with E-state index < -0.39 is 0 Å². The molecule has 1 unspecified atom stereocenters. The number of hydrogen-bond donors (Lipinski definition) is 1. The predicted octanol–water partition coefficient (Wildman–Crippen LogP) is 1.84. The van der Waals surface area contributed by atoms with Gasteiger partial charge >= 0.3 is 0 Å². The van der Waals surface area contributed by atoms with Gasteiger partial charge in [-0.15, -0.1) is 6.58 Å². The topological polar surface area (TPSA) is 21.3 Å². The minimum Gasteiger partial charge on any atom is -0.497 e. The number of ether oxygens (including phenoxy) is 1. The van der Waals surface area contributed by atoms with Gasteiger partial charge in [0, 0.05) is 0 Å². The Morgan fingerprint density at radius 2 is 2.67 bits per heavy atom. The van der Waals surface area contributed by atoms with E-state index in [9.17, 15) is 0 Å². The van der Waals surface area contributed by atoms with E-state index in [1.807, 2.05) is 13.1 Å². The maximum Gasteiger partial charge on any atom is 0.109 e. The average molecular weight is 167 g/mol. The summed E-state index contributed by atoms with van der Waals surface area (Å²) in [5.74, 6) is 1.09. The van der Waals surface area contributed by atoms with Crippen molar-refractivity contribution < 1.29 is 4.74 Å². The molecule has 0 fully saturated rings. The molecule has 0 radical (unpaired) electrons. The number of rotatable bonds is 4. The van der Waals surface area contributed by atoms with Crippen molar-refractivity contribution in [2.24, 2.45) is 0 Å². The van der Waals surface area contributed by atoms with Crippen LogP contribution in [-0.4, -0.2) is 19.7 Å². The first-order valence-corrected chi connectivity index (χ1v) is 4.49. The summed E-state index contributed by atoms with van der Waals surface area (Å²) >= 11 is 0. The normalized spacial score (nSPS) is 19.2. The highest BCUT2D eigenvalue weighted by molar-refractivity contribution is 5.06. The van der Waals surface area contributed by atoms with Crippen molar-refractivity contribution in [1.29, 1.82) is 0 Å². The zero-order valence-electron chi connectivity index (χ0n) is 7.68. The van der Waals surface area contributed by atoms with E-state index in [0.29, 0.717) is 6.04 Å². The zero-order chi connectivity index (χ0) is 8.81. The summed E-state index contributed by atoms with van der Waals surface area (Å²) in [5, 5.41) is 3.21. The second-order valence-electron chi connectivity index (χ2n) is 2.96. The minimum atomic E-state index is 0.322. The van der Waals surface area contributed by atoms with Crippen LogP contribution in [0.25, 0.3) is 0 Å². The first kappa shape index (κ1) is 9.33. The van der Waals surface area contributed by atoms with Crippen LogP contribution in [0.1, 0.15) is 19.3 Å². The van der Waals surface area contributed by atoms with E-state index in [1.165, 1.54) is 0 Å². The van der Waals surface area contributed by atoms with Crippen LogP contribution in [-0.2, 0) is 4.74 Å². The molecule has 68 valence electrons. The number of nitrogens with one attached hydrogen (secondary N) is 1. The molecule has 0 aromatic rings. The molecule has 1 N–H and O–H groups in total. The molecule has 2 heteroatoms. The smallest absolute Gasteiger partial charge is 0.109 e. The van der Waals surface area contributed by atoms with E-state index in [1.54, 1.807) is 0 Å². The molecule has 0 aromatic carbocycles. The van der Waals surface area contributed by atoms with Crippen molar-refractivity contribution in [3.63, 3.8) is 0 Å². The Morgan fingerprint density at radius 1 is 1.83 bits per heavy atom. The molecular weight excluding hydrogens is 150 g/mol. The molecule has 0 aromatic heterocycles. The summed E-state index contributed by atoms with van der Waals surface area (Å²) in [5.41, 5.74) is 0. The van der Waals surface area contributed by atoms with Crippen LogP contribution in [0.3, 0.4) is 0 Å². The van der Waals surface area contributed by atoms with Crippen LogP contribution in [0.2, 0.25) is 0 Å². The van der Waals surface area contributed by atoms with Crippen molar-refractivity contribution in [2.75, 3.05) is 13.7 Å². The molecule has 12 heavy (non-hydrogen) atoms. The molecule has 0 aliphatic carbocycles. The van der Waals surface area contributed by atoms with Gasteiger partial charge in [-0.1, -0.05) is 6.08 Å². The number of likely N-dealkylation sites (N-methyl/N-ethyl adjacent to an activating group) is 1. The van der Waals surface area contributed by atoms with Crippen molar-refractivity contribution in [1.82, 2.24) is 5.32 Å². The number of allylic oxidation sites excluding steroid dienone is 1. The van der Waals surface area contributed by atoms with Gasteiger partial charge in [-0.3, -0.25) is 0 Å². The lowest BCUT2D eigenvalue weighted by Gasteiger charge is -2.22. The maximum absolute atomic E-state index is 5.53. The van der Waals surface area contributed by atoms with Gasteiger partial charge in [-0.25, -0.2) is 0 Å². The molecule has 2 nitrogen and oxygen atoms in total. The molecule has 0 saturated carbocycles. The third-order valence-corrected chi connectivity index (χ3v) is 2.06. The quantitative estimate of drug-likeness (QED) is 0.645. The van der Waals surface area contributed by atoms with Crippen LogP contribution < -0.4 is 5.32 Å². The highest BCUT2D eigenvalue weighted by Gasteiger charge is 2.13. The Balaban J connectivity index is 2.50. The monoisotopic (exact) mass is 167 g/mol. The third-order valence-electron chi connectivity index (χ3n) is 2.06. The van der Waals surface area contributed by atoms with Gasteiger partial charge < -0.3 is 10.1 Å². The number of hydrogen-bond acceptors (Lipinski definition) is 2. The summed E-state index contributed by atoms with van der Waals surface area (Å²) in [6.45, 7) is 4.58. The van der Waals surface area contributed by atoms with E-state index in [2.05, 4.69) is 18.0 Å². The van der Waals surface area contributed by atoms with Crippen LogP contribution in [0.15, 0.2) is 24.5 Å². The molecule has 1 aliphatic rings. The van der Waals surface area contributed by atoms with Gasteiger partial charge in [0.15, 0.2) is 0 Å². The van der Waals surface area contributed by atoms with E-state index in [4.69, 9.17) is 4.74 Å². The Bertz CT molecular complexity index is 175. The van der Waals surface area contributed by atoms with Gasteiger partial charge in [-0.05, 0) is 32.4 Å². The fourth-order valence-electron chi connectivity index (χ4n) is 1.36. The largest absolute Gasteiger partial charge is 0.497 e. The third kappa shape index (κ3) is 2.38. The Labute approximate surface area is 74.3 Å². The van der Waals surface area contributed by atoms with Gasteiger partial charge in [-0.2, -0.15) is 0 Å². The fourth-order valence-corrected chi connectivity index (χ4v) is 1.36. The van der Waals surface area contributed by atoms with Crippen molar-refractivity contribution >= 4 is 0 Å². The van der Waals surface area contributed by atoms with Crippen LogP contribution in [0, 0.1) is 0 Å². The SMILES string of the molecule is C=CCC(NC)C1=CCCCO1. The maximum atomic E-state index is 5.53. The van der Waals surface area contributed by atoms with Crippen LogP contribution >= 0.6 is 0 Å². The molecule has 0 amide bonds. The predicted molar refractivity (Wildman–Crippen MR) is 50.9 cm³/mol. The summed E-state index contributed by atoms with van der Waals surface area (Å²) in [7, 11) is 1.95. The molecule has 1 atom stereocenters. The summed E-state index contributed by atoms with van der Waals surface area (Å²) in [6.07, 6.45) is 7.31. The van der Waals surface area contributed by atoms with Crippen molar-refractivity contribution in [3.8, 4) is 0 Å². The lowest BCUT2D eigenvalue weighted by molar-refractivity contribution is 0.169. The molecule has 0 saturated heterocycles. The van der Waals surface area contributed by atoms with Gasteiger partial charge in [0.05, 0.1) is 12.6 Å². The fraction of sp³-hybridized carbons (Fsp3) is 0.600. The summed E-state index contributed by atoms with van der Waals surface area (Å²) < 4.78 is 5.53. The zero-order valence-corrected chi connectivity index (χ0v) is 7.68. The minimum absolute atomic E-state index is 0.322. The average Bonchev–Trinajstić information content (AvgIpc) is 2.15. The van der Waals surface area contributed by atoms with E-state index in [-0.39, 0.29) is 0 Å². The molecule has 1 rings (SSSR count). The van der Waals surface area contributed by atoms with Gasteiger partial charge in [0.2, 0.25) is 0 Å². The lowest BCUT2D eigenvalue weighted by Crippen LogP contribution is -2.29. The Hall–Kier alpha value is -0.760. The standard InChI is InChI=1S/C10H17NO/c1-3-6-9(11-2)10-7-4-5-8-12-10/h3,7,9,11H,1,4-6,8H2,2H3. The second-order valence-corrected chi connectivity index (χ2v) is 2.96. The van der Waals surface area contributed by atoms with E-state index >= 15 is 0 Å². The van der Waals surface area contributed by atoms with Gasteiger partial charge in [0.1, 0.15) is 5.76 Å². The van der Waals surface area contributed by atoms with Crippen molar-refractivity contribution in [3.05, 3.63) is 24.5 Å². The van der Waals surface area contributed by atoms with Crippen molar-refractivity contribution in [2.45, 2.75) is 25.3 Å². The second kappa shape index (κ2) is 4.99. The molecular formula is C10H17NO. The molecule has 1 heterocycles. The van der Waals surface area contributed by atoms with Crippen LogP contribution in [0.4, 0.5) is 0 Å². The van der Waals surface area contributed by atoms with Crippen LogP contribution in [0.5, 0.6) is 0 Å². The highest BCUT2D eigenvalue weighted by atomic mass is 16.5. The van der Waals surface area contributed by atoms with E-state index in [0.717, 1.165) is 31.6 Å². The Morgan fingerprint density at radius 3 is 3.17 bits per heavy atom. The first-order chi connectivity index (χ1) is 5.88. The summed E-state index contributed by atoms with van der Waals surface area (Å²) in [4.78, 5) is 0. The lowest BCUT2D eigenvalue weighted by atomic mass is 10.1. The highest BCUT2D eigenvalue weighted by Crippen LogP contribution is 2.15. The Kier molecular flexibility index (Phi) is 3.88.